The summed E-state index contributed by atoms with van der Waals surface area (Å²) >= 11 is 0. The number of pyridine rings is 1. The number of aryl methyl sites for hydroxylation is 1. The lowest BCUT2D eigenvalue weighted by Crippen LogP contribution is -2.24. The SMILES string of the molecule is CNC(=O)COc1ccc(Nc2nc(C3=CCC#CC(n4ccc5cc(N(C)C)ccc5c4=O)=C3CO)cn(C)c2=O)cc1. The predicted octanol–water partition coefficient (Wildman–Crippen LogP) is 2.72. The largest absolute Gasteiger partial charge is 0.484 e. The van der Waals surface area contributed by atoms with Gasteiger partial charge in [0.25, 0.3) is 17.0 Å². The third-order valence-corrected chi connectivity index (χ3v) is 7.14. The predicted molar refractivity (Wildman–Crippen MR) is 172 cm³/mol. The number of benzene rings is 2. The van der Waals surface area contributed by atoms with Crippen LogP contribution >= 0.6 is 0 Å². The molecule has 0 saturated heterocycles. The first kappa shape index (κ1) is 29.9. The van der Waals surface area contributed by atoms with Crippen molar-refractivity contribution in [1.29, 1.82) is 0 Å². The van der Waals surface area contributed by atoms with Crippen molar-refractivity contribution >= 4 is 45.1 Å². The van der Waals surface area contributed by atoms with E-state index in [1.807, 2.05) is 43.3 Å². The van der Waals surface area contributed by atoms with Gasteiger partial charge in [0.2, 0.25) is 0 Å². The number of carbonyl (C=O) groups is 1. The second kappa shape index (κ2) is 12.7. The van der Waals surface area contributed by atoms with E-state index in [1.165, 1.54) is 16.2 Å². The molecule has 0 aliphatic heterocycles. The number of anilines is 3. The molecule has 224 valence electrons. The van der Waals surface area contributed by atoms with Gasteiger partial charge in [0.1, 0.15) is 11.4 Å². The van der Waals surface area contributed by atoms with E-state index in [4.69, 9.17) is 4.74 Å². The number of amides is 1. The first-order valence-electron chi connectivity index (χ1n) is 13.8. The molecule has 3 N–H and O–H groups in total. The number of carbonyl (C=O) groups excluding carboxylic acids is 1. The Bertz CT molecular complexity index is 1990. The molecule has 5 rings (SSSR count). The normalized spacial score (nSPS) is 12.6. The fraction of sp³-hybridized carbons (Fsp3) is 0.212. The van der Waals surface area contributed by atoms with Crippen molar-refractivity contribution in [3.05, 3.63) is 99.0 Å². The van der Waals surface area contributed by atoms with E-state index >= 15 is 0 Å². The second-order valence-electron chi connectivity index (χ2n) is 10.3. The summed E-state index contributed by atoms with van der Waals surface area (Å²) in [6.45, 7) is -0.525. The number of hydrogen-bond donors (Lipinski definition) is 3. The Morgan fingerprint density at radius 3 is 2.59 bits per heavy atom. The number of ether oxygens (including phenoxy) is 1. The molecule has 1 amide bonds. The molecule has 11 nitrogen and oxygen atoms in total. The summed E-state index contributed by atoms with van der Waals surface area (Å²) in [7, 11) is 7.02. The molecule has 0 spiro atoms. The first-order valence-corrected chi connectivity index (χ1v) is 13.8. The van der Waals surface area contributed by atoms with E-state index in [-0.39, 0.29) is 29.5 Å². The average molecular weight is 593 g/mol. The Labute approximate surface area is 253 Å². The van der Waals surface area contributed by atoms with Gasteiger partial charge in [-0.25, -0.2) is 4.98 Å². The minimum absolute atomic E-state index is 0.0634. The number of likely N-dealkylation sites (N-methyl/N-ethyl adjacent to an activating group) is 1. The Kier molecular flexibility index (Phi) is 8.64. The van der Waals surface area contributed by atoms with E-state index in [1.54, 1.807) is 49.8 Å². The van der Waals surface area contributed by atoms with Crippen LogP contribution in [0.5, 0.6) is 5.75 Å². The van der Waals surface area contributed by atoms with Gasteiger partial charge in [0.15, 0.2) is 12.4 Å². The summed E-state index contributed by atoms with van der Waals surface area (Å²) in [6.07, 6.45) is 5.42. The van der Waals surface area contributed by atoms with Crippen LogP contribution in [-0.2, 0) is 11.8 Å². The number of nitrogens with one attached hydrogen (secondary N) is 2. The fourth-order valence-electron chi connectivity index (χ4n) is 4.74. The highest BCUT2D eigenvalue weighted by Crippen LogP contribution is 2.29. The lowest BCUT2D eigenvalue weighted by molar-refractivity contribution is -0.122. The number of aliphatic hydroxyl groups excluding tert-OH is 1. The van der Waals surface area contributed by atoms with E-state index in [0.717, 1.165) is 11.1 Å². The van der Waals surface area contributed by atoms with Crippen LogP contribution in [0.3, 0.4) is 0 Å². The van der Waals surface area contributed by atoms with E-state index in [2.05, 4.69) is 27.5 Å². The lowest BCUT2D eigenvalue weighted by atomic mass is 10.0. The maximum Gasteiger partial charge on any atom is 0.293 e. The van der Waals surface area contributed by atoms with Gasteiger partial charge >= 0.3 is 0 Å². The van der Waals surface area contributed by atoms with Crippen molar-refractivity contribution < 1.29 is 14.6 Å². The zero-order valence-electron chi connectivity index (χ0n) is 24.8. The van der Waals surface area contributed by atoms with E-state index in [0.29, 0.717) is 45.8 Å². The zero-order valence-corrected chi connectivity index (χ0v) is 24.8. The highest BCUT2D eigenvalue weighted by molar-refractivity contribution is 5.91. The third kappa shape index (κ3) is 6.11. The quantitative estimate of drug-likeness (QED) is 0.253. The Morgan fingerprint density at radius 2 is 1.89 bits per heavy atom. The van der Waals surface area contributed by atoms with Gasteiger partial charge in [0, 0.05) is 74.9 Å². The summed E-state index contributed by atoms with van der Waals surface area (Å²) in [5.41, 5.74) is 2.65. The standard InChI is InChI=1S/C33H32N6O5/c1-34-30(41)20-44-24-12-9-22(10-13-24)35-31-33(43)38(4)18-28(36-31)26-7-5-6-8-29(27(26)19-40)39-16-15-21-17-23(37(2)3)11-14-25(21)32(39)42/h7,9-18,40H,5,19-20H2,1-4H3,(H,34,41)(H,35,36). The molecule has 2 aromatic heterocycles. The molecule has 1 aliphatic rings. The minimum atomic E-state index is -0.412. The molecule has 0 unspecified atom stereocenters. The van der Waals surface area contributed by atoms with Gasteiger partial charge in [-0.15, -0.1) is 0 Å². The van der Waals surface area contributed by atoms with Crippen molar-refractivity contribution in [2.24, 2.45) is 7.05 Å². The van der Waals surface area contributed by atoms with Crippen LogP contribution in [0.2, 0.25) is 0 Å². The van der Waals surface area contributed by atoms with Crippen LogP contribution < -0.4 is 31.4 Å². The molecule has 0 atom stereocenters. The van der Waals surface area contributed by atoms with Crippen molar-refractivity contribution in [3.63, 3.8) is 0 Å². The molecule has 0 saturated carbocycles. The molecule has 0 fully saturated rings. The monoisotopic (exact) mass is 592 g/mol. The molecule has 11 heteroatoms. The fourth-order valence-corrected chi connectivity index (χ4v) is 4.74. The summed E-state index contributed by atoms with van der Waals surface area (Å²) in [6, 6.07) is 14.2. The minimum Gasteiger partial charge on any atom is -0.484 e. The van der Waals surface area contributed by atoms with E-state index in [9.17, 15) is 19.5 Å². The van der Waals surface area contributed by atoms with Gasteiger partial charge < -0.3 is 29.9 Å². The van der Waals surface area contributed by atoms with Crippen molar-refractivity contribution in [2.75, 3.05) is 44.6 Å². The van der Waals surface area contributed by atoms with Crippen LogP contribution in [0.1, 0.15) is 12.1 Å². The van der Waals surface area contributed by atoms with Gasteiger partial charge in [-0.1, -0.05) is 12.0 Å². The molecule has 44 heavy (non-hydrogen) atoms. The number of aromatic nitrogens is 3. The van der Waals surface area contributed by atoms with Crippen LogP contribution in [-0.4, -0.2) is 59.5 Å². The first-order chi connectivity index (χ1) is 21.2. The van der Waals surface area contributed by atoms with Gasteiger partial charge in [-0.2, -0.15) is 0 Å². The maximum absolute atomic E-state index is 13.6. The number of aliphatic hydroxyl groups is 1. The van der Waals surface area contributed by atoms with Gasteiger partial charge in [-0.05, 0) is 59.8 Å². The smallest absolute Gasteiger partial charge is 0.293 e. The molecular weight excluding hydrogens is 560 g/mol. The topological polar surface area (TPSA) is 131 Å². The Hall–Kier alpha value is -5.60. The summed E-state index contributed by atoms with van der Waals surface area (Å²) in [5, 5.41) is 17.5. The summed E-state index contributed by atoms with van der Waals surface area (Å²) < 4.78 is 8.29. The molecule has 4 aromatic rings. The van der Waals surface area contributed by atoms with Crippen molar-refractivity contribution in [1.82, 2.24) is 19.4 Å². The summed E-state index contributed by atoms with van der Waals surface area (Å²) in [4.78, 5) is 44.7. The number of nitrogens with zero attached hydrogens (tertiary/aromatic N) is 4. The highest BCUT2D eigenvalue weighted by Gasteiger charge is 2.20. The number of allylic oxidation sites excluding steroid dienone is 2. The zero-order chi connectivity index (χ0) is 31.4. The molecule has 0 radical (unpaired) electrons. The molecular formula is C33H32N6O5. The van der Waals surface area contributed by atoms with Crippen LogP contribution in [0.15, 0.2) is 82.2 Å². The number of fused-ring (bicyclic) bond motifs is 1. The maximum atomic E-state index is 13.6. The Morgan fingerprint density at radius 1 is 1.11 bits per heavy atom. The van der Waals surface area contributed by atoms with Crippen molar-refractivity contribution in [2.45, 2.75) is 6.42 Å². The average Bonchev–Trinajstić information content (AvgIpc) is 3.25. The van der Waals surface area contributed by atoms with E-state index < -0.39 is 6.61 Å². The van der Waals surface area contributed by atoms with Gasteiger partial charge in [-0.3, -0.25) is 19.0 Å². The summed E-state index contributed by atoms with van der Waals surface area (Å²) in [5.74, 6) is 6.42. The highest BCUT2D eigenvalue weighted by atomic mass is 16.5. The lowest BCUT2D eigenvalue weighted by Gasteiger charge is -2.17. The molecule has 2 heterocycles. The third-order valence-electron chi connectivity index (χ3n) is 7.14. The molecule has 2 aromatic carbocycles. The molecule has 0 bridgehead atoms. The number of hydrogen-bond acceptors (Lipinski definition) is 8. The van der Waals surface area contributed by atoms with Gasteiger partial charge in [0.05, 0.1) is 12.3 Å². The van der Waals surface area contributed by atoms with Crippen LogP contribution in [0.4, 0.5) is 17.2 Å². The van der Waals surface area contributed by atoms with Crippen LogP contribution in [0, 0.1) is 11.8 Å². The van der Waals surface area contributed by atoms with Crippen molar-refractivity contribution in [3.8, 4) is 17.6 Å². The number of rotatable bonds is 9. The second-order valence-corrected chi connectivity index (χ2v) is 10.3. The van der Waals surface area contributed by atoms with Crippen LogP contribution in [0.25, 0.3) is 22.0 Å². The Balaban J connectivity index is 1.52. The molecule has 1 aliphatic carbocycles.